The molecule has 2 atom stereocenters. The number of guanidine groups is 1. The normalized spacial score (nSPS) is 17.6. The number of rotatable bonds is 9. The minimum absolute atomic E-state index is 0.0227. The van der Waals surface area contributed by atoms with E-state index in [-0.39, 0.29) is 29.8 Å². The number of hydrogen-bond donors (Lipinski definition) is 4. The lowest BCUT2D eigenvalue weighted by Crippen LogP contribution is -2.38. The average molecular weight is 474 g/mol. The van der Waals surface area contributed by atoms with Gasteiger partial charge in [0, 0.05) is 11.9 Å². The fourth-order valence-corrected chi connectivity index (χ4v) is 4.63. The molecule has 3 aromatic rings. The Morgan fingerprint density at radius 2 is 1.86 bits per heavy atom. The zero-order chi connectivity index (χ0) is 24.6. The zero-order valence-corrected chi connectivity index (χ0v) is 20.3. The van der Waals surface area contributed by atoms with E-state index in [1.54, 1.807) is 0 Å². The van der Waals surface area contributed by atoms with Gasteiger partial charge in [-0.3, -0.25) is 4.79 Å². The second-order valence-electron chi connectivity index (χ2n) is 9.27. The van der Waals surface area contributed by atoms with E-state index in [9.17, 15) is 4.79 Å². The number of aromatic nitrogens is 2. The summed E-state index contributed by atoms with van der Waals surface area (Å²) >= 11 is 0. The van der Waals surface area contributed by atoms with Crippen LogP contribution in [0.3, 0.4) is 0 Å². The molecule has 4 rings (SSSR count). The molecular weight excluding hydrogens is 438 g/mol. The SMILES string of the molecule is Cc1ccc2nc(C(=O)NCCCCc3ccccc3)nc(NC3CCCCC3N=C(N)N)c2c1. The van der Waals surface area contributed by atoms with E-state index in [0.717, 1.165) is 61.4 Å². The molecule has 1 aliphatic rings. The van der Waals surface area contributed by atoms with Gasteiger partial charge in [-0.2, -0.15) is 0 Å². The van der Waals surface area contributed by atoms with E-state index in [4.69, 9.17) is 11.5 Å². The van der Waals surface area contributed by atoms with Gasteiger partial charge in [-0.1, -0.05) is 54.8 Å². The summed E-state index contributed by atoms with van der Waals surface area (Å²) in [6.45, 7) is 2.61. The third kappa shape index (κ3) is 6.68. The van der Waals surface area contributed by atoms with Crippen LogP contribution in [0.1, 0.15) is 60.3 Å². The lowest BCUT2D eigenvalue weighted by Gasteiger charge is -2.30. The number of carbonyl (C=O) groups is 1. The van der Waals surface area contributed by atoms with Gasteiger partial charge in [-0.25, -0.2) is 15.0 Å². The highest BCUT2D eigenvalue weighted by Gasteiger charge is 2.26. The van der Waals surface area contributed by atoms with Gasteiger partial charge in [-0.05, 0) is 56.7 Å². The molecule has 184 valence electrons. The molecule has 1 heterocycles. The van der Waals surface area contributed by atoms with Crippen molar-refractivity contribution in [3.8, 4) is 0 Å². The van der Waals surface area contributed by atoms with Crippen LogP contribution >= 0.6 is 0 Å². The number of anilines is 1. The average Bonchev–Trinajstić information content (AvgIpc) is 2.85. The Morgan fingerprint density at radius 1 is 1.06 bits per heavy atom. The molecule has 35 heavy (non-hydrogen) atoms. The van der Waals surface area contributed by atoms with Crippen molar-refractivity contribution in [2.45, 2.75) is 64.0 Å². The van der Waals surface area contributed by atoms with Crippen LogP contribution in [0.5, 0.6) is 0 Å². The number of unbranched alkanes of at least 4 members (excludes halogenated alkanes) is 1. The molecule has 1 aliphatic carbocycles. The highest BCUT2D eigenvalue weighted by molar-refractivity contribution is 5.96. The van der Waals surface area contributed by atoms with Crippen molar-refractivity contribution in [1.29, 1.82) is 0 Å². The molecule has 0 spiro atoms. The first kappa shape index (κ1) is 24.4. The monoisotopic (exact) mass is 473 g/mol. The van der Waals surface area contributed by atoms with Gasteiger partial charge >= 0.3 is 0 Å². The van der Waals surface area contributed by atoms with E-state index in [1.165, 1.54) is 5.56 Å². The Morgan fingerprint density at radius 3 is 2.66 bits per heavy atom. The Labute approximate surface area is 206 Å². The topological polar surface area (TPSA) is 131 Å². The Bertz CT molecular complexity index is 1170. The Hall–Kier alpha value is -3.68. The van der Waals surface area contributed by atoms with Crippen LogP contribution in [0.15, 0.2) is 53.5 Å². The highest BCUT2D eigenvalue weighted by Crippen LogP contribution is 2.28. The summed E-state index contributed by atoms with van der Waals surface area (Å²) in [6.07, 6.45) is 6.90. The number of amides is 1. The van der Waals surface area contributed by atoms with Crippen LogP contribution in [-0.2, 0) is 6.42 Å². The van der Waals surface area contributed by atoms with Crippen LogP contribution in [0.4, 0.5) is 5.82 Å². The number of nitrogens with one attached hydrogen (secondary N) is 2. The molecule has 0 saturated heterocycles. The number of nitrogens with zero attached hydrogens (tertiary/aromatic N) is 3. The van der Waals surface area contributed by atoms with Crippen LogP contribution in [0.25, 0.3) is 10.9 Å². The molecule has 2 aromatic carbocycles. The molecule has 1 saturated carbocycles. The van der Waals surface area contributed by atoms with Gasteiger partial charge in [-0.15, -0.1) is 0 Å². The summed E-state index contributed by atoms with van der Waals surface area (Å²) in [7, 11) is 0. The molecule has 8 nitrogen and oxygen atoms in total. The number of aryl methyl sites for hydroxylation is 2. The van der Waals surface area contributed by atoms with Crippen molar-refractivity contribution >= 4 is 28.6 Å². The van der Waals surface area contributed by atoms with E-state index >= 15 is 0 Å². The number of benzene rings is 2. The fourth-order valence-electron chi connectivity index (χ4n) is 4.63. The van der Waals surface area contributed by atoms with E-state index < -0.39 is 0 Å². The van der Waals surface area contributed by atoms with Gasteiger partial charge in [0.1, 0.15) is 5.82 Å². The first-order chi connectivity index (χ1) is 17.0. The van der Waals surface area contributed by atoms with Gasteiger partial charge in [0.15, 0.2) is 5.96 Å². The number of fused-ring (bicyclic) bond motifs is 1. The number of aliphatic imine (C=N–C) groups is 1. The smallest absolute Gasteiger partial charge is 0.289 e. The Balaban J connectivity index is 1.47. The van der Waals surface area contributed by atoms with E-state index in [0.29, 0.717) is 12.4 Å². The molecule has 1 aromatic heterocycles. The predicted molar refractivity (Wildman–Crippen MR) is 141 cm³/mol. The quantitative estimate of drug-likeness (QED) is 0.213. The molecule has 0 bridgehead atoms. The largest absolute Gasteiger partial charge is 0.370 e. The van der Waals surface area contributed by atoms with Gasteiger partial charge in [0.25, 0.3) is 5.91 Å². The van der Waals surface area contributed by atoms with Gasteiger partial charge in [0.2, 0.25) is 5.82 Å². The zero-order valence-electron chi connectivity index (χ0n) is 20.3. The second kappa shape index (κ2) is 11.6. The van der Waals surface area contributed by atoms with Crippen molar-refractivity contribution in [3.63, 3.8) is 0 Å². The molecule has 0 radical (unpaired) electrons. The minimum atomic E-state index is -0.264. The molecule has 2 unspecified atom stereocenters. The first-order valence-corrected chi connectivity index (χ1v) is 12.5. The molecule has 6 N–H and O–H groups in total. The van der Waals surface area contributed by atoms with Gasteiger partial charge in [0.05, 0.1) is 17.6 Å². The molecule has 1 fully saturated rings. The van der Waals surface area contributed by atoms with Crippen molar-refractivity contribution < 1.29 is 4.79 Å². The molecule has 1 amide bonds. The second-order valence-corrected chi connectivity index (χ2v) is 9.27. The van der Waals surface area contributed by atoms with Gasteiger partial charge < -0.3 is 22.1 Å². The summed E-state index contributed by atoms with van der Waals surface area (Å²) in [5, 5.41) is 7.41. The van der Waals surface area contributed by atoms with Crippen LogP contribution in [-0.4, -0.2) is 40.5 Å². The lowest BCUT2D eigenvalue weighted by atomic mass is 9.90. The predicted octanol–water partition coefficient (Wildman–Crippen LogP) is 3.69. The third-order valence-electron chi connectivity index (χ3n) is 6.44. The van der Waals surface area contributed by atoms with Crippen molar-refractivity contribution in [1.82, 2.24) is 15.3 Å². The Kier molecular flexibility index (Phi) is 8.13. The highest BCUT2D eigenvalue weighted by atomic mass is 16.2. The summed E-state index contributed by atoms with van der Waals surface area (Å²) in [5.74, 6) is 0.649. The summed E-state index contributed by atoms with van der Waals surface area (Å²) in [4.78, 5) is 26.6. The maximum Gasteiger partial charge on any atom is 0.289 e. The minimum Gasteiger partial charge on any atom is -0.370 e. The number of nitrogens with two attached hydrogens (primary N) is 2. The summed E-state index contributed by atoms with van der Waals surface area (Å²) < 4.78 is 0. The molecule has 0 aliphatic heterocycles. The van der Waals surface area contributed by atoms with Crippen molar-refractivity contribution in [3.05, 3.63) is 65.5 Å². The van der Waals surface area contributed by atoms with Crippen LogP contribution < -0.4 is 22.1 Å². The number of hydrogen-bond acceptors (Lipinski definition) is 5. The third-order valence-corrected chi connectivity index (χ3v) is 6.44. The summed E-state index contributed by atoms with van der Waals surface area (Å²) in [5.41, 5.74) is 14.5. The molecule has 8 heteroatoms. The van der Waals surface area contributed by atoms with E-state index in [2.05, 4.69) is 37.7 Å². The van der Waals surface area contributed by atoms with Crippen LogP contribution in [0.2, 0.25) is 0 Å². The summed E-state index contributed by atoms with van der Waals surface area (Å²) in [6, 6.07) is 16.4. The van der Waals surface area contributed by atoms with E-state index in [1.807, 2.05) is 43.3 Å². The number of carbonyl (C=O) groups excluding carboxylic acids is 1. The fraction of sp³-hybridized carbons (Fsp3) is 0.407. The standard InChI is InChI=1S/C27H35N7O/c1-18-14-15-21-20(17-18)24(32-22-12-5-6-13-23(22)33-27(28)29)34-25(31-21)26(35)30-16-8-7-11-19-9-3-2-4-10-19/h2-4,9-10,14-15,17,22-23H,5-8,11-13,16H2,1H3,(H,30,35)(H4,28,29,33)(H,31,32,34). The maximum atomic E-state index is 12.9. The first-order valence-electron chi connectivity index (χ1n) is 12.5. The maximum absolute atomic E-state index is 12.9. The van der Waals surface area contributed by atoms with Crippen molar-refractivity contribution in [2.24, 2.45) is 16.5 Å². The molecular formula is C27H35N7O. The van der Waals surface area contributed by atoms with Crippen molar-refractivity contribution in [2.75, 3.05) is 11.9 Å². The van der Waals surface area contributed by atoms with Crippen LogP contribution in [0, 0.1) is 6.92 Å². The lowest BCUT2D eigenvalue weighted by molar-refractivity contribution is 0.0943.